The van der Waals surface area contributed by atoms with Gasteiger partial charge in [0, 0.05) is 6.07 Å². The Labute approximate surface area is 120 Å². The maximum absolute atomic E-state index is 13.5. The van der Waals surface area contributed by atoms with Crippen molar-refractivity contribution in [3.05, 3.63) is 28.8 Å². The number of carbonyl (C=O) groups excluding carboxylic acids is 1. The van der Waals surface area contributed by atoms with Gasteiger partial charge in [0.2, 0.25) is 5.91 Å². The standard InChI is InChI=1S/C13H15ClF2N2O2/c14-10-5-8(15)6-11(16)13(10)18-12(19)7-20-9-1-3-17-4-2-9/h5-6,9,17H,1-4,7H2,(H,18,19). The maximum Gasteiger partial charge on any atom is 0.250 e. The second kappa shape index (κ2) is 6.97. The lowest BCUT2D eigenvalue weighted by Gasteiger charge is -2.22. The lowest BCUT2D eigenvalue weighted by Crippen LogP contribution is -2.34. The largest absolute Gasteiger partial charge is 0.368 e. The first-order chi connectivity index (χ1) is 9.56. The van der Waals surface area contributed by atoms with Crippen LogP contribution >= 0.6 is 11.6 Å². The summed E-state index contributed by atoms with van der Waals surface area (Å²) in [5, 5.41) is 5.29. The van der Waals surface area contributed by atoms with Gasteiger partial charge in [0.25, 0.3) is 0 Å². The SMILES string of the molecule is O=C(COC1CCNCC1)Nc1c(F)cc(F)cc1Cl. The summed E-state index contributed by atoms with van der Waals surface area (Å²) in [6.45, 7) is 1.52. The normalized spacial score (nSPS) is 16.1. The van der Waals surface area contributed by atoms with E-state index < -0.39 is 17.5 Å². The van der Waals surface area contributed by atoms with Crippen LogP contribution in [0, 0.1) is 11.6 Å². The van der Waals surface area contributed by atoms with Crippen LogP contribution in [0.1, 0.15) is 12.8 Å². The van der Waals surface area contributed by atoms with E-state index in [0.29, 0.717) is 6.07 Å². The number of amides is 1. The Kier molecular flexibility index (Phi) is 5.28. The van der Waals surface area contributed by atoms with Crippen LogP contribution in [0.3, 0.4) is 0 Å². The van der Waals surface area contributed by atoms with Gasteiger partial charge in [-0.1, -0.05) is 11.6 Å². The molecule has 0 radical (unpaired) electrons. The van der Waals surface area contributed by atoms with E-state index in [2.05, 4.69) is 10.6 Å². The van der Waals surface area contributed by atoms with Crippen LogP contribution in [-0.2, 0) is 9.53 Å². The molecule has 4 nitrogen and oxygen atoms in total. The number of ether oxygens (including phenoxy) is 1. The summed E-state index contributed by atoms with van der Waals surface area (Å²) in [7, 11) is 0. The van der Waals surface area contributed by atoms with Gasteiger partial charge in [-0.15, -0.1) is 0 Å². The lowest BCUT2D eigenvalue weighted by atomic mass is 10.1. The molecule has 2 rings (SSSR count). The van der Waals surface area contributed by atoms with Crippen molar-refractivity contribution in [1.82, 2.24) is 5.32 Å². The van der Waals surface area contributed by atoms with Gasteiger partial charge in [0.15, 0.2) is 5.82 Å². The van der Waals surface area contributed by atoms with Gasteiger partial charge in [-0.25, -0.2) is 8.78 Å². The smallest absolute Gasteiger partial charge is 0.250 e. The second-order valence-corrected chi connectivity index (χ2v) is 4.96. The lowest BCUT2D eigenvalue weighted by molar-refractivity contribution is -0.123. The minimum atomic E-state index is -0.912. The molecule has 1 fully saturated rings. The Morgan fingerprint density at radius 1 is 1.40 bits per heavy atom. The molecule has 20 heavy (non-hydrogen) atoms. The molecule has 1 aliphatic heterocycles. The summed E-state index contributed by atoms with van der Waals surface area (Å²) < 4.78 is 31.8. The number of rotatable bonds is 4. The first-order valence-electron chi connectivity index (χ1n) is 6.33. The highest BCUT2D eigenvalue weighted by atomic mass is 35.5. The third-order valence-corrected chi connectivity index (χ3v) is 3.31. The van der Waals surface area contributed by atoms with Crippen molar-refractivity contribution in [2.75, 3.05) is 25.0 Å². The summed E-state index contributed by atoms with van der Waals surface area (Å²) in [6, 6.07) is 1.60. The van der Waals surface area contributed by atoms with Crippen LogP contribution in [0.25, 0.3) is 0 Å². The average molecular weight is 305 g/mol. The fourth-order valence-corrected chi connectivity index (χ4v) is 2.23. The van der Waals surface area contributed by atoms with Crippen molar-refractivity contribution in [2.45, 2.75) is 18.9 Å². The van der Waals surface area contributed by atoms with E-state index in [9.17, 15) is 13.6 Å². The van der Waals surface area contributed by atoms with Crippen molar-refractivity contribution in [1.29, 1.82) is 0 Å². The average Bonchev–Trinajstić information content (AvgIpc) is 2.42. The molecule has 1 amide bonds. The first-order valence-corrected chi connectivity index (χ1v) is 6.71. The molecule has 0 aromatic heterocycles. The Hall–Kier alpha value is -1.24. The predicted molar refractivity (Wildman–Crippen MR) is 71.8 cm³/mol. The molecule has 1 heterocycles. The summed E-state index contributed by atoms with van der Waals surface area (Å²) in [6.07, 6.45) is 1.69. The third kappa shape index (κ3) is 4.13. The molecule has 110 valence electrons. The minimum absolute atomic E-state index is 0.0236. The first kappa shape index (κ1) is 15.2. The number of hydrogen-bond acceptors (Lipinski definition) is 3. The molecule has 1 aromatic rings. The highest BCUT2D eigenvalue weighted by molar-refractivity contribution is 6.33. The van der Waals surface area contributed by atoms with E-state index >= 15 is 0 Å². The summed E-state index contributed by atoms with van der Waals surface area (Å²) >= 11 is 5.68. The van der Waals surface area contributed by atoms with Crippen molar-refractivity contribution >= 4 is 23.2 Å². The second-order valence-electron chi connectivity index (χ2n) is 4.55. The Morgan fingerprint density at radius 2 is 2.10 bits per heavy atom. The number of anilines is 1. The van der Waals surface area contributed by atoms with Gasteiger partial charge >= 0.3 is 0 Å². The minimum Gasteiger partial charge on any atom is -0.368 e. The monoisotopic (exact) mass is 304 g/mol. The highest BCUT2D eigenvalue weighted by Crippen LogP contribution is 2.26. The zero-order valence-electron chi connectivity index (χ0n) is 10.7. The van der Waals surface area contributed by atoms with E-state index in [0.717, 1.165) is 32.0 Å². The van der Waals surface area contributed by atoms with Crippen molar-refractivity contribution < 1.29 is 18.3 Å². The number of halogens is 3. The Bertz CT molecular complexity index is 470. The number of nitrogens with one attached hydrogen (secondary N) is 2. The van der Waals surface area contributed by atoms with Crippen molar-refractivity contribution in [3.8, 4) is 0 Å². The van der Waals surface area contributed by atoms with E-state index in [1.165, 1.54) is 0 Å². The van der Waals surface area contributed by atoms with Gasteiger partial charge in [-0.05, 0) is 32.0 Å². The number of carbonyl (C=O) groups is 1. The number of piperidine rings is 1. The third-order valence-electron chi connectivity index (χ3n) is 3.01. The molecule has 0 unspecified atom stereocenters. The Morgan fingerprint density at radius 3 is 2.75 bits per heavy atom. The zero-order valence-corrected chi connectivity index (χ0v) is 11.5. The van der Waals surface area contributed by atoms with Crippen molar-refractivity contribution in [3.63, 3.8) is 0 Å². The molecule has 2 N–H and O–H groups in total. The molecule has 7 heteroatoms. The van der Waals surface area contributed by atoms with Crippen molar-refractivity contribution in [2.24, 2.45) is 0 Å². The molecular weight excluding hydrogens is 290 g/mol. The van der Waals surface area contributed by atoms with E-state index in [1.807, 2.05) is 0 Å². The predicted octanol–water partition coefficient (Wildman–Crippen LogP) is 2.33. The molecule has 0 spiro atoms. The van der Waals surface area contributed by atoms with Gasteiger partial charge in [0.1, 0.15) is 12.4 Å². The topological polar surface area (TPSA) is 50.4 Å². The molecule has 0 aliphatic carbocycles. The summed E-state index contributed by atoms with van der Waals surface area (Å²) in [5.74, 6) is -2.22. The van der Waals surface area contributed by atoms with Gasteiger partial charge < -0.3 is 15.4 Å². The molecule has 0 saturated carbocycles. The number of benzene rings is 1. The van der Waals surface area contributed by atoms with Gasteiger partial charge in [-0.3, -0.25) is 4.79 Å². The molecule has 0 bridgehead atoms. The fraction of sp³-hybridized carbons (Fsp3) is 0.462. The van der Waals surface area contributed by atoms with Crippen LogP contribution < -0.4 is 10.6 Å². The molecular formula is C13H15ClF2N2O2. The van der Waals surface area contributed by atoms with Crippen LogP contribution in [0.5, 0.6) is 0 Å². The zero-order chi connectivity index (χ0) is 14.5. The van der Waals surface area contributed by atoms with Crippen LogP contribution in [-0.4, -0.2) is 31.7 Å². The molecule has 0 atom stereocenters. The maximum atomic E-state index is 13.5. The quantitative estimate of drug-likeness (QED) is 0.897. The van der Waals surface area contributed by atoms with Gasteiger partial charge in [-0.2, -0.15) is 0 Å². The summed E-state index contributed by atoms with van der Waals surface area (Å²) in [4.78, 5) is 11.7. The van der Waals surface area contributed by atoms with Crippen LogP contribution in [0.2, 0.25) is 5.02 Å². The van der Waals surface area contributed by atoms with Crippen LogP contribution in [0.15, 0.2) is 12.1 Å². The Balaban J connectivity index is 1.88. The van der Waals surface area contributed by atoms with E-state index in [4.69, 9.17) is 16.3 Å². The molecule has 1 saturated heterocycles. The number of hydrogen-bond donors (Lipinski definition) is 2. The molecule has 1 aliphatic rings. The van der Waals surface area contributed by atoms with E-state index in [1.54, 1.807) is 0 Å². The fourth-order valence-electron chi connectivity index (χ4n) is 1.99. The highest BCUT2D eigenvalue weighted by Gasteiger charge is 2.17. The molecule has 1 aromatic carbocycles. The van der Waals surface area contributed by atoms with Crippen LogP contribution in [0.4, 0.5) is 14.5 Å². The van der Waals surface area contributed by atoms with Gasteiger partial charge in [0.05, 0.1) is 16.8 Å². The van der Waals surface area contributed by atoms with E-state index in [-0.39, 0.29) is 23.4 Å². The summed E-state index contributed by atoms with van der Waals surface area (Å²) in [5.41, 5.74) is -0.230.